The molecule has 10 heteroatoms. The van der Waals surface area contributed by atoms with Gasteiger partial charge in [0.05, 0.1) is 33.2 Å². The fourth-order valence-corrected chi connectivity index (χ4v) is 4.17. The number of pyridine rings is 2. The molecule has 0 bridgehead atoms. The first-order valence-electron chi connectivity index (χ1n) is 9.64. The van der Waals surface area contributed by atoms with Gasteiger partial charge in [0, 0.05) is 23.5 Å². The highest BCUT2D eigenvalue weighted by atomic mass is 35.5. The number of benzene rings is 1. The van der Waals surface area contributed by atoms with Crippen LogP contribution in [0, 0.1) is 0 Å². The number of nitrogens with zero attached hydrogens (tertiary/aromatic N) is 3. The highest BCUT2D eigenvalue weighted by Gasteiger charge is 2.26. The Kier molecular flexibility index (Phi) is 4.96. The summed E-state index contributed by atoms with van der Waals surface area (Å²) in [6, 6.07) is 8.82. The number of ether oxygens (including phenoxy) is 1. The molecule has 0 fully saturated rings. The number of hydrogen-bond acceptors (Lipinski definition) is 6. The Morgan fingerprint density at radius 3 is 2.69 bits per heavy atom. The van der Waals surface area contributed by atoms with E-state index in [0.29, 0.717) is 38.7 Å². The summed E-state index contributed by atoms with van der Waals surface area (Å²) in [5, 5.41) is 3.94. The molecule has 1 atom stereocenters. The lowest BCUT2D eigenvalue weighted by Crippen LogP contribution is -2.30. The number of fused-ring (bicyclic) bond motifs is 5. The lowest BCUT2D eigenvalue weighted by Gasteiger charge is -2.13. The van der Waals surface area contributed by atoms with Crippen LogP contribution in [0.4, 0.5) is 11.5 Å². The predicted molar refractivity (Wildman–Crippen MR) is 123 cm³/mol. The zero-order chi connectivity index (χ0) is 22.4. The second-order valence-corrected chi connectivity index (χ2v) is 7.99. The topological polar surface area (TPSA) is 119 Å². The number of H-pyrrole nitrogens is 1. The van der Waals surface area contributed by atoms with E-state index in [1.807, 2.05) is 18.2 Å². The van der Waals surface area contributed by atoms with Gasteiger partial charge in [-0.1, -0.05) is 23.2 Å². The zero-order valence-electron chi connectivity index (χ0n) is 16.7. The first-order valence-corrected chi connectivity index (χ1v) is 10.4. The minimum Gasteiger partial charge on any atom is -0.481 e. The van der Waals surface area contributed by atoms with Gasteiger partial charge in [0.15, 0.2) is 6.10 Å². The van der Waals surface area contributed by atoms with Crippen molar-refractivity contribution in [3.8, 4) is 39.7 Å². The fraction of sp³-hybridized carbons (Fsp3) is 0.0909. The second-order valence-electron chi connectivity index (χ2n) is 7.18. The molecule has 0 radical (unpaired) electrons. The van der Waals surface area contributed by atoms with Crippen LogP contribution >= 0.6 is 23.2 Å². The molecule has 1 amide bonds. The van der Waals surface area contributed by atoms with Crippen LogP contribution in [0.15, 0.2) is 48.9 Å². The molecule has 1 aliphatic heterocycles. The molecule has 8 nitrogen and oxygen atoms in total. The average molecular weight is 467 g/mol. The monoisotopic (exact) mass is 466 g/mol. The van der Waals surface area contributed by atoms with E-state index in [-0.39, 0.29) is 0 Å². The smallest absolute Gasteiger partial charge is 0.258 e. The largest absolute Gasteiger partial charge is 0.481 e. The van der Waals surface area contributed by atoms with Gasteiger partial charge in [-0.05, 0) is 37.3 Å². The van der Waals surface area contributed by atoms with Gasteiger partial charge in [0.25, 0.3) is 5.91 Å². The number of rotatable bonds is 4. The molecule has 4 N–H and O–H groups in total. The number of carbonyl (C=O) groups is 1. The molecule has 32 heavy (non-hydrogen) atoms. The molecule has 1 aromatic carbocycles. The third kappa shape index (κ3) is 3.43. The summed E-state index contributed by atoms with van der Waals surface area (Å²) in [5.41, 5.74) is 9.77. The van der Waals surface area contributed by atoms with Gasteiger partial charge in [0.2, 0.25) is 0 Å². The van der Waals surface area contributed by atoms with E-state index < -0.39 is 12.0 Å². The minimum absolute atomic E-state index is 0.313. The molecule has 1 unspecified atom stereocenters. The Hall–Kier alpha value is -3.62. The fourth-order valence-electron chi connectivity index (χ4n) is 3.52. The lowest BCUT2D eigenvalue weighted by molar-refractivity contribution is -0.123. The maximum Gasteiger partial charge on any atom is 0.258 e. The number of anilines is 2. The van der Waals surface area contributed by atoms with Crippen LogP contribution < -0.4 is 15.8 Å². The van der Waals surface area contributed by atoms with Crippen LogP contribution in [0.1, 0.15) is 6.92 Å². The lowest BCUT2D eigenvalue weighted by atomic mass is 10.1. The van der Waals surface area contributed by atoms with Crippen molar-refractivity contribution in [2.24, 2.45) is 5.73 Å². The summed E-state index contributed by atoms with van der Waals surface area (Å²) in [7, 11) is 0. The van der Waals surface area contributed by atoms with Crippen molar-refractivity contribution in [2.45, 2.75) is 13.0 Å². The van der Waals surface area contributed by atoms with Crippen LogP contribution in [0.5, 0.6) is 5.75 Å². The van der Waals surface area contributed by atoms with Crippen molar-refractivity contribution < 1.29 is 9.53 Å². The van der Waals surface area contributed by atoms with Gasteiger partial charge in [-0.15, -0.1) is 0 Å². The molecular weight excluding hydrogens is 451 g/mol. The number of primary amides is 1. The normalized spacial score (nSPS) is 12.6. The highest BCUT2D eigenvalue weighted by Crippen LogP contribution is 2.45. The Bertz CT molecular complexity index is 1280. The van der Waals surface area contributed by atoms with Gasteiger partial charge in [0.1, 0.15) is 23.1 Å². The van der Waals surface area contributed by atoms with Crippen molar-refractivity contribution in [1.29, 1.82) is 0 Å². The standard InChI is InChI=1S/C22H16Cl2N6O2/c1-10(20(25)31)32-11-7-14(23)17(15(24)8-11)22-29-18-12-4-6-26-9-16(12)28-21-13(19(18)30-22)3-2-5-27-21/h2-10H,1H3,(H2,25,31)(H,27,28)(H,29,30). The molecule has 0 saturated heterocycles. The molecule has 5 rings (SSSR count). The summed E-state index contributed by atoms with van der Waals surface area (Å²) < 4.78 is 5.52. The van der Waals surface area contributed by atoms with Crippen LogP contribution in [-0.4, -0.2) is 31.9 Å². The van der Waals surface area contributed by atoms with Crippen LogP contribution in [0.25, 0.3) is 33.9 Å². The SMILES string of the molecule is CC(Oc1cc(Cl)c(-c2nc3c([nH]2)-c2ccncc2Nc2ncccc2-3)c(Cl)c1)C(N)=O. The number of hydrogen-bond donors (Lipinski definition) is 3. The number of aromatic nitrogens is 4. The average Bonchev–Trinajstić information content (AvgIpc) is 3.13. The predicted octanol–water partition coefficient (Wildman–Crippen LogP) is 4.82. The quantitative estimate of drug-likeness (QED) is 0.349. The van der Waals surface area contributed by atoms with Crippen molar-refractivity contribution in [3.05, 3.63) is 59.0 Å². The van der Waals surface area contributed by atoms with Gasteiger partial charge in [-0.2, -0.15) is 0 Å². The van der Waals surface area contributed by atoms with E-state index in [1.165, 1.54) is 0 Å². The van der Waals surface area contributed by atoms with Gasteiger partial charge >= 0.3 is 0 Å². The molecule has 4 aromatic rings. The summed E-state index contributed by atoms with van der Waals surface area (Å²) in [6.07, 6.45) is 4.32. The first-order chi connectivity index (χ1) is 15.4. The van der Waals surface area contributed by atoms with Crippen molar-refractivity contribution in [1.82, 2.24) is 19.9 Å². The van der Waals surface area contributed by atoms with Crippen molar-refractivity contribution in [3.63, 3.8) is 0 Å². The highest BCUT2D eigenvalue weighted by molar-refractivity contribution is 6.39. The maximum atomic E-state index is 11.3. The molecule has 4 heterocycles. The summed E-state index contributed by atoms with van der Waals surface area (Å²) in [5.74, 6) is 0.891. The van der Waals surface area contributed by atoms with Crippen LogP contribution in [0.3, 0.4) is 0 Å². The van der Waals surface area contributed by atoms with Gasteiger partial charge in [-0.3, -0.25) is 9.78 Å². The summed E-state index contributed by atoms with van der Waals surface area (Å²) in [6.45, 7) is 1.55. The second kappa shape index (κ2) is 7.81. The van der Waals surface area contributed by atoms with E-state index >= 15 is 0 Å². The number of halogens is 2. The summed E-state index contributed by atoms with van der Waals surface area (Å²) >= 11 is 13.1. The minimum atomic E-state index is -0.825. The third-order valence-corrected chi connectivity index (χ3v) is 5.67. The number of imidazole rings is 1. The van der Waals surface area contributed by atoms with E-state index in [4.69, 9.17) is 38.7 Å². The van der Waals surface area contributed by atoms with Crippen LogP contribution in [0.2, 0.25) is 10.0 Å². The van der Waals surface area contributed by atoms with E-state index in [0.717, 1.165) is 22.5 Å². The maximum absolute atomic E-state index is 11.3. The third-order valence-electron chi connectivity index (χ3n) is 5.08. The number of carbonyl (C=O) groups excluding carboxylic acids is 1. The summed E-state index contributed by atoms with van der Waals surface area (Å²) in [4.78, 5) is 28.1. The zero-order valence-corrected chi connectivity index (χ0v) is 18.2. The Morgan fingerprint density at radius 1 is 1.16 bits per heavy atom. The molecular formula is C22H16Cl2N6O2. The van der Waals surface area contributed by atoms with Crippen molar-refractivity contribution >= 4 is 40.6 Å². The first kappa shape index (κ1) is 20.3. The molecule has 160 valence electrons. The Morgan fingerprint density at radius 2 is 1.94 bits per heavy atom. The Balaban J connectivity index is 1.66. The molecule has 3 aromatic heterocycles. The number of aromatic amines is 1. The van der Waals surface area contributed by atoms with Crippen LogP contribution in [-0.2, 0) is 4.79 Å². The number of nitrogens with two attached hydrogens (primary N) is 1. The molecule has 1 aliphatic rings. The molecule has 0 saturated carbocycles. The van der Waals surface area contributed by atoms with E-state index in [1.54, 1.807) is 37.6 Å². The molecule has 0 spiro atoms. The van der Waals surface area contributed by atoms with E-state index in [2.05, 4.69) is 20.3 Å². The Labute approximate surface area is 192 Å². The van der Waals surface area contributed by atoms with Gasteiger partial charge in [-0.25, -0.2) is 9.97 Å². The number of amides is 1. The van der Waals surface area contributed by atoms with Crippen molar-refractivity contribution in [2.75, 3.05) is 5.32 Å². The van der Waals surface area contributed by atoms with E-state index in [9.17, 15) is 4.79 Å². The van der Waals surface area contributed by atoms with Gasteiger partial charge < -0.3 is 20.8 Å². The molecule has 0 aliphatic carbocycles. The number of nitrogens with one attached hydrogen (secondary N) is 2.